The minimum atomic E-state index is -1.77. The lowest BCUT2D eigenvalue weighted by Crippen LogP contribution is -2.54. The highest BCUT2D eigenvalue weighted by Gasteiger charge is 2.67. The molecule has 3 aliphatic rings. The van der Waals surface area contributed by atoms with E-state index in [1.54, 1.807) is 47.4 Å². The third kappa shape index (κ3) is 4.00. The molecular formula is C30H32N2O6. The van der Waals surface area contributed by atoms with Crippen molar-refractivity contribution < 1.29 is 29.0 Å². The van der Waals surface area contributed by atoms with Gasteiger partial charge in [-0.2, -0.15) is 0 Å². The van der Waals surface area contributed by atoms with Crippen LogP contribution in [0, 0.1) is 0 Å². The fourth-order valence-corrected chi connectivity index (χ4v) is 5.66. The molecule has 0 aromatic heterocycles. The number of nitrogens with zero attached hydrogens (tertiary/aromatic N) is 2. The van der Waals surface area contributed by atoms with E-state index < -0.39 is 28.9 Å². The van der Waals surface area contributed by atoms with Crippen molar-refractivity contribution in [2.75, 3.05) is 31.2 Å². The lowest BCUT2D eigenvalue weighted by molar-refractivity contribution is -0.145. The number of benzene rings is 2. The number of Topliss-reactive ketones (excluding diaryl/α,β-unsaturated/α-hetero) is 1. The van der Waals surface area contributed by atoms with Gasteiger partial charge >= 0.3 is 0 Å². The largest absolute Gasteiger partial charge is 0.507 e. The number of carbonyl (C=O) groups is 3. The lowest BCUT2D eigenvalue weighted by atomic mass is 9.81. The quantitative estimate of drug-likeness (QED) is 0.233. The molecule has 8 nitrogen and oxygen atoms in total. The Kier molecular flexibility index (Phi) is 7.08. The van der Waals surface area contributed by atoms with Gasteiger partial charge in [-0.15, -0.1) is 0 Å². The van der Waals surface area contributed by atoms with E-state index in [0.29, 0.717) is 42.3 Å². The molecule has 0 bridgehead atoms. The fraction of sp³-hybridized carbons (Fsp3) is 0.367. The number of aliphatic hydroxyl groups is 1. The normalized spacial score (nSPS) is 23.9. The van der Waals surface area contributed by atoms with Crippen LogP contribution < -0.4 is 9.64 Å². The first kappa shape index (κ1) is 25.7. The summed E-state index contributed by atoms with van der Waals surface area (Å²) in [6.45, 7) is 7.07. The Morgan fingerprint density at radius 2 is 1.95 bits per heavy atom. The van der Waals surface area contributed by atoms with Crippen molar-refractivity contribution in [3.05, 3.63) is 77.9 Å². The fourth-order valence-electron chi connectivity index (χ4n) is 5.66. The summed E-state index contributed by atoms with van der Waals surface area (Å²) in [6, 6.07) is 13.7. The molecule has 0 saturated carbocycles. The van der Waals surface area contributed by atoms with Gasteiger partial charge in [0.05, 0.1) is 17.4 Å². The van der Waals surface area contributed by atoms with Crippen LogP contribution >= 0.6 is 0 Å². The van der Waals surface area contributed by atoms with Crippen LogP contribution in [0.1, 0.15) is 43.7 Å². The maximum atomic E-state index is 14.5. The molecule has 2 saturated heterocycles. The average molecular weight is 517 g/mol. The summed E-state index contributed by atoms with van der Waals surface area (Å²) in [5.41, 5.74) is -0.512. The number of ether oxygens (including phenoxy) is 2. The number of hydrogen-bond donors (Lipinski definition) is 1. The Bertz CT molecular complexity index is 1290. The molecule has 5 rings (SSSR count). The number of para-hydroxylation sites is 1. The molecule has 38 heavy (non-hydrogen) atoms. The van der Waals surface area contributed by atoms with E-state index >= 15 is 0 Å². The predicted molar refractivity (Wildman–Crippen MR) is 143 cm³/mol. The Morgan fingerprint density at radius 3 is 2.63 bits per heavy atom. The van der Waals surface area contributed by atoms with Crippen molar-refractivity contribution in [3.8, 4) is 5.75 Å². The lowest BCUT2D eigenvalue weighted by Gasteiger charge is -2.35. The highest BCUT2D eigenvalue weighted by atomic mass is 16.5. The summed E-state index contributed by atoms with van der Waals surface area (Å²) >= 11 is 0. The van der Waals surface area contributed by atoms with Gasteiger partial charge in [-0.05, 0) is 49.6 Å². The summed E-state index contributed by atoms with van der Waals surface area (Å²) in [5.74, 6) is -1.93. The van der Waals surface area contributed by atoms with Crippen molar-refractivity contribution >= 4 is 29.0 Å². The summed E-state index contributed by atoms with van der Waals surface area (Å²) < 4.78 is 11.3. The minimum Gasteiger partial charge on any atom is -0.507 e. The number of amides is 2. The molecule has 2 fully saturated rings. The third-order valence-corrected chi connectivity index (χ3v) is 7.45. The first-order valence-corrected chi connectivity index (χ1v) is 13.1. The molecule has 0 radical (unpaired) electrons. The van der Waals surface area contributed by atoms with Gasteiger partial charge in [-0.3, -0.25) is 14.4 Å². The summed E-state index contributed by atoms with van der Waals surface area (Å²) in [6.07, 6.45) is 4.51. The number of unbranched alkanes of at least 4 members (excludes halogenated alkanes) is 1. The predicted octanol–water partition coefficient (Wildman–Crippen LogP) is 4.15. The standard InChI is InChI=1S/C30H32N2O6/c1-3-5-16-31-24-11-7-6-10-23(24)30(29(31)36)25(26(33)20-12-14-21(15-13-20)37-17-4-2)27(34)28(35)32(30)19-22-9-8-18-38-22/h4,6-7,10-15,22,33H,2-3,5,8-9,16-19H2,1H3. The second kappa shape index (κ2) is 10.5. The molecule has 2 amide bonds. The number of likely N-dealkylation sites (tertiary alicyclic amines) is 1. The molecule has 2 aromatic carbocycles. The Hall–Kier alpha value is -3.91. The van der Waals surface area contributed by atoms with E-state index in [2.05, 4.69) is 6.58 Å². The van der Waals surface area contributed by atoms with Gasteiger partial charge < -0.3 is 24.4 Å². The monoisotopic (exact) mass is 516 g/mol. The van der Waals surface area contributed by atoms with Crippen LogP contribution in [0.3, 0.4) is 0 Å². The summed E-state index contributed by atoms with van der Waals surface area (Å²) in [5, 5.41) is 11.6. The van der Waals surface area contributed by atoms with E-state index in [9.17, 15) is 19.5 Å². The van der Waals surface area contributed by atoms with Crippen molar-refractivity contribution in [1.29, 1.82) is 0 Å². The van der Waals surface area contributed by atoms with E-state index in [1.165, 1.54) is 4.90 Å². The molecule has 1 spiro atoms. The first-order chi connectivity index (χ1) is 18.4. The number of aliphatic hydroxyl groups excluding tert-OH is 1. The van der Waals surface area contributed by atoms with E-state index in [-0.39, 0.29) is 18.2 Å². The molecule has 198 valence electrons. The highest BCUT2D eigenvalue weighted by Crippen LogP contribution is 2.54. The number of fused-ring (bicyclic) bond motifs is 2. The van der Waals surface area contributed by atoms with Crippen molar-refractivity contribution in [3.63, 3.8) is 0 Å². The molecule has 2 unspecified atom stereocenters. The molecule has 2 aromatic rings. The maximum absolute atomic E-state index is 14.5. The van der Waals surface area contributed by atoms with E-state index in [4.69, 9.17) is 9.47 Å². The number of carbonyl (C=O) groups excluding carboxylic acids is 3. The van der Waals surface area contributed by atoms with Gasteiger partial charge in [-0.25, -0.2) is 0 Å². The van der Waals surface area contributed by atoms with Gasteiger partial charge in [0.1, 0.15) is 18.1 Å². The maximum Gasteiger partial charge on any atom is 0.296 e. The second-order valence-electron chi connectivity index (χ2n) is 9.77. The Labute approximate surface area is 222 Å². The number of rotatable bonds is 9. The Morgan fingerprint density at radius 1 is 1.18 bits per heavy atom. The van der Waals surface area contributed by atoms with Crippen LogP contribution in [0.4, 0.5) is 5.69 Å². The molecule has 1 N–H and O–H groups in total. The number of ketones is 1. The summed E-state index contributed by atoms with van der Waals surface area (Å²) in [7, 11) is 0. The first-order valence-electron chi connectivity index (χ1n) is 13.1. The second-order valence-corrected chi connectivity index (χ2v) is 9.77. The smallest absolute Gasteiger partial charge is 0.296 e. The van der Waals surface area contributed by atoms with Crippen molar-refractivity contribution in [2.45, 2.75) is 44.2 Å². The molecule has 2 atom stereocenters. The zero-order valence-corrected chi connectivity index (χ0v) is 21.5. The van der Waals surface area contributed by atoms with Crippen molar-refractivity contribution in [2.24, 2.45) is 0 Å². The van der Waals surface area contributed by atoms with Crippen LogP contribution in [0.15, 0.2) is 66.8 Å². The SMILES string of the molecule is C=CCOc1ccc(C(O)=C2C(=O)C(=O)N(CC3CCCO3)C23C(=O)N(CCCC)c2ccccc23)cc1. The van der Waals surface area contributed by atoms with Gasteiger partial charge in [0.25, 0.3) is 17.6 Å². The Balaban J connectivity index is 1.70. The molecule has 3 aliphatic heterocycles. The summed E-state index contributed by atoms with van der Waals surface area (Å²) in [4.78, 5) is 44.8. The van der Waals surface area contributed by atoms with Crippen LogP contribution in [-0.2, 0) is 24.7 Å². The van der Waals surface area contributed by atoms with Crippen LogP contribution in [0.2, 0.25) is 0 Å². The minimum absolute atomic E-state index is 0.0807. The molecule has 8 heteroatoms. The van der Waals surface area contributed by atoms with Gasteiger partial charge in [0.2, 0.25) is 0 Å². The van der Waals surface area contributed by atoms with Crippen LogP contribution in [0.25, 0.3) is 5.76 Å². The van der Waals surface area contributed by atoms with Crippen LogP contribution in [-0.4, -0.2) is 60.0 Å². The third-order valence-electron chi connectivity index (χ3n) is 7.45. The molecular weight excluding hydrogens is 484 g/mol. The topological polar surface area (TPSA) is 96.4 Å². The molecule has 0 aliphatic carbocycles. The number of anilines is 1. The zero-order valence-electron chi connectivity index (χ0n) is 21.5. The number of hydrogen-bond acceptors (Lipinski definition) is 6. The average Bonchev–Trinajstić information content (AvgIpc) is 3.60. The van der Waals surface area contributed by atoms with Crippen LogP contribution in [0.5, 0.6) is 5.75 Å². The van der Waals surface area contributed by atoms with Crippen molar-refractivity contribution in [1.82, 2.24) is 4.90 Å². The highest BCUT2D eigenvalue weighted by molar-refractivity contribution is 6.50. The van der Waals surface area contributed by atoms with Gasteiger partial charge in [0, 0.05) is 30.8 Å². The zero-order chi connectivity index (χ0) is 26.9. The van der Waals surface area contributed by atoms with Gasteiger partial charge in [-0.1, -0.05) is 44.2 Å². The molecule has 3 heterocycles. The van der Waals surface area contributed by atoms with E-state index in [0.717, 1.165) is 25.7 Å². The van der Waals surface area contributed by atoms with E-state index in [1.807, 2.05) is 19.1 Å². The van der Waals surface area contributed by atoms with Gasteiger partial charge in [0.15, 0.2) is 5.54 Å².